The summed E-state index contributed by atoms with van der Waals surface area (Å²) in [6.07, 6.45) is 1.41. The predicted molar refractivity (Wildman–Crippen MR) is 103 cm³/mol. The Bertz CT molecular complexity index is 949. The van der Waals surface area contributed by atoms with Crippen molar-refractivity contribution in [3.8, 4) is 0 Å². The molecule has 1 heterocycles. The van der Waals surface area contributed by atoms with Gasteiger partial charge in [-0.05, 0) is 30.3 Å². The minimum Gasteiger partial charge on any atom is -0.268 e. The van der Waals surface area contributed by atoms with E-state index in [0.29, 0.717) is 10.2 Å². The zero-order valence-corrected chi connectivity index (χ0v) is 15.5. The Morgan fingerprint density at radius 3 is 2.76 bits per heavy atom. The van der Waals surface area contributed by atoms with E-state index in [1.54, 1.807) is 18.2 Å². The number of carbonyl (C=O) groups excluding carboxylic acids is 1. The number of rotatable bonds is 3. The molecule has 0 unspecified atom stereocenters. The lowest BCUT2D eigenvalue weighted by Gasteiger charge is -2.13. The second-order valence-electron chi connectivity index (χ2n) is 4.96. The Morgan fingerprint density at radius 1 is 1.28 bits per heavy atom. The first kappa shape index (κ1) is 17.7. The van der Waals surface area contributed by atoms with Crippen LogP contribution in [-0.2, 0) is 4.79 Å². The third-order valence-corrected chi connectivity index (χ3v) is 5.13. The Hall–Kier alpha value is -2.10. The number of thiocarbonyl (C=S) groups is 1. The largest absolute Gasteiger partial charge is 0.271 e. The highest BCUT2D eigenvalue weighted by atomic mass is 79.9. The molecule has 2 aromatic carbocycles. The summed E-state index contributed by atoms with van der Waals surface area (Å²) in [6.45, 7) is 0. The number of carbonyl (C=O) groups is 1. The van der Waals surface area contributed by atoms with E-state index in [1.807, 2.05) is 0 Å². The van der Waals surface area contributed by atoms with Crippen molar-refractivity contribution in [3.05, 3.63) is 73.3 Å². The molecule has 0 atom stereocenters. The standard InChI is InChI=1S/C16H8BrFN2O3S2/c17-10-4-5-13(18)9(6-10)7-14-15(21)19(16(24)25-14)11-2-1-3-12(8-11)20(22)23/h1-8H/b14-7-. The number of non-ortho nitro benzene ring substituents is 1. The second kappa shape index (κ2) is 7.03. The van der Waals surface area contributed by atoms with Crippen molar-refractivity contribution in [2.24, 2.45) is 0 Å². The minimum absolute atomic E-state index is 0.145. The van der Waals surface area contributed by atoms with E-state index >= 15 is 0 Å². The number of benzene rings is 2. The molecule has 1 aliphatic rings. The number of thioether (sulfide) groups is 1. The van der Waals surface area contributed by atoms with Gasteiger partial charge in [-0.1, -0.05) is 46.0 Å². The summed E-state index contributed by atoms with van der Waals surface area (Å²) in [5.41, 5.74) is 0.400. The smallest absolute Gasteiger partial charge is 0.268 e. The maximum absolute atomic E-state index is 13.9. The molecule has 2 aromatic rings. The quantitative estimate of drug-likeness (QED) is 0.295. The Balaban J connectivity index is 1.98. The molecule has 1 fully saturated rings. The van der Waals surface area contributed by atoms with Crippen LogP contribution in [0.15, 0.2) is 51.8 Å². The van der Waals surface area contributed by atoms with Gasteiger partial charge in [0.15, 0.2) is 4.32 Å². The van der Waals surface area contributed by atoms with E-state index < -0.39 is 16.6 Å². The van der Waals surface area contributed by atoms with Gasteiger partial charge < -0.3 is 0 Å². The fourth-order valence-corrected chi connectivity index (χ4v) is 3.87. The number of halogens is 2. The van der Waals surface area contributed by atoms with Crippen LogP contribution < -0.4 is 4.90 Å². The van der Waals surface area contributed by atoms with Crippen LogP contribution in [0.25, 0.3) is 6.08 Å². The fourth-order valence-electron chi connectivity index (χ4n) is 2.20. The van der Waals surface area contributed by atoms with Crippen LogP contribution >= 0.6 is 39.9 Å². The van der Waals surface area contributed by atoms with Gasteiger partial charge in [-0.2, -0.15) is 0 Å². The summed E-state index contributed by atoms with van der Waals surface area (Å²) < 4.78 is 14.8. The molecule has 0 bridgehead atoms. The summed E-state index contributed by atoms with van der Waals surface area (Å²) in [7, 11) is 0. The summed E-state index contributed by atoms with van der Waals surface area (Å²) in [4.78, 5) is 24.5. The molecule has 0 saturated carbocycles. The Labute approximate surface area is 159 Å². The van der Waals surface area contributed by atoms with Crippen molar-refractivity contribution in [2.45, 2.75) is 0 Å². The van der Waals surface area contributed by atoms with E-state index in [4.69, 9.17) is 12.2 Å². The number of nitrogens with zero attached hydrogens (tertiary/aromatic N) is 2. The van der Waals surface area contributed by atoms with Crippen LogP contribution in [0.4, 0.5) is 15.8 Å². The summed E-state index contributed by atoms with van der Waals surface area (Å²) in [5.74, 6) is -0.918. The molecule has 0 aliphatic carbocycles. The lowest BCUT2D eigenvalue weighted by atomic mass is 10.2. The van der Waals surface area contributed by atoms with Crippen molar-refractivity contribution >= 4 is 67.6 Å². The summed E-state index contributed by atoms with van der Waals surface area (Å²) >= 11 is 9.49. The predicted octanol–water partition coefficient (Wildman–Crippen LogP) is 4.90. The van der Waals surface area contributed by atoms with Gasteiger partial charge in [-0.15, -0.1) is 0 Å². The van der Waals surface area contributed by atoms with Crippen LogP contribution in [0.1, 0.15) is 5.56 Å². The first-order valence-electron chi connectivity index (χ1n) is 6.84. The average molecular weight is 439 g/mol. The van der Waals surface area contributed by atoms with E-state index in [9.17, 15) is 19.3 Å². The zero-order valence-electron chi connectivity index (χ0n) is 12.3. The van der Waals surface area contributed by atoms with Crippen LogP contribution in [0.5, 0.6) is 0 Å². The van der Waals surface area contributed by atoms with Crippen molar-refractivity contribution in [1.29, 1.82) is 0 Å². The molecule has 1 amide bonds. The van der Waals surface area contributed by atoms with Gasteiger partial charge in [-0.3, -0.25) is 19.8 Å². The SMILES string of the molecule is O=C1/C(=C/c2cc(Br)ccc2F)SC(=S)N1c1cccc([N+](=O)[O-])c1. The van der Waals surface area contributed by atoms with Gasteiger partial charge in [0, 0.05) is 22.2 Å². The molecule has 0 aromatic heterocycles. The normalized spacial score (nSPS) is 15.9. The molecule has 1 saturated heterocycles. The third kappa shape index (κ3) is 3.63. The van der Waals surface area contributed by atoms with Gasteiger partial charge in [0.25, 0.3) is 11.6 Å². The average Bonchev–Trinajstić information content (AvgIpc) is 2.85. The number of nitro groups is 1. The van der Waals surface area contributed by atoms with E-state index in [0.717, 1.165) is 11.8 Å². The first-order chi connectivity index (χ1) is 11.9. The van der Waals surface area contributed by atoms with Crippen molar-refractivity contribution in [3.63, 3.8) is 0 Å². The molecule has 9 heteroatoms. The monoisotopic (exact) mass is 438 g/mol. The minimum atomic E-state index is -0.548. The number of amides is 1. The molecule has 0 spiro atoms. The van der Waals surface area contributed by atoms with E-state index in [1.165, 1.54) is 35.2 Å². The Morgan fingerprint density at radius 2 is 2.04 bits per heavy atom. The summed E-state index contributed by atoms with van der Waals surface area (Å²) in [6, 6.07) is 10.0. The van der Waals surface area contributed by atoms with Gasteiger partial charge >= 0.3 is 0 Å². The molecule has 3 rings (SSSR count). The second-order valence-corrected chi connectivity index (χ2v) is 7.55. The van der Waals surface area contributed by atoms with Crippen LogP contribution in [-0.4, -0.2) is 15.2 Å². The highest BCUT2D eigenvalue weighted by molar-refractivity contribution is 9.10. The van der Waals surface area contributed by atoms with Gasteiger partial charge in [0.05, 0.1) is 15.5 Å². The highest BCUT2D eigenvalue weighted by Gasteiger charge is 2.34. The Kier molecular flexibility index (Phi) is 4.98. The molecule has 0 N–H and O–H groups in total. The summed E-state index contributed by atoms with van der Waals surface area (Å²) in [5, 5.41) is 10.9. The number of hydrogen-bond acceptors (Lipinski definition) is 5. The maximum atomic E-state index is 13.9. The van der Waals surface area contributed by atoms with E-state index in [-0.39, 0.29) is 20.5 Å². The van der Waals surface area contributed by atoms with Crippen LogP contribution in [0.3, 0.4) is 0 Å². The molecule has 25 heavy (non-hydrogen) atoms. The number of nitro benzene ring substituents is 1. The zero-order chi connectivity index (χ0) is 18.1. The van der Waals surface area contributed by atoms with Gasteiger partial charge in [-0.25, -0.2) is 4.39 Å². The third-order valence-electron chi connectivity index (χ3n) is 3.34. The van der Waals surface area contributed by atoms with Gasteiger partial charge in [0.2, 0.25) is 0 Å². The molecule has 5 nitrogen and oxygen atoms in total. The molecular weight excluding hydrogens is 431 g/mol. The van der Waals surface area contributed by atoms with E-state index in [2.05, 4.69) is 15.9 Å². The molecule has 126 valence electrons. The van der Waals surface area contributed by atoms with Crippen molar-refractivity contribution in [1.82, 2.24) is 0 Å². The molecular formula is C16H8BrFN2O3S2. The fraction of sp³-hybridized carbons (Fsp3) is 0. The lowest BCUT2D eigenvalue weighted by molar-refractivity contribution is -0.384. The number of hydrogen-bond donors (Lipinski definition) is 0. The van der Waals surface area contributed by atoms with Crippen molar-refractivity contribution < 1.29 is 14.1 Å². The van der Waals surface area contributed by atoms with Gasteiger partial charge in [0.1, 0.15) is 5.82 Å². The topological polar surface area (TPSA) is 63.5 Å². The number of anilines is 1. The van der Waals surface area contributed by atoms with Crippen LogP contribution in [0, 0.1) is 15.9 Å². The maximum Gasteiger partial charge on any atom is 0.271 e. The van der Waals surface area contributed by atoms with Crippen molar-refractivity contribution in [2.75, 3.05) is 4.90 Å². The van der Waals surface area contributed by atoms with Crippen LogP contribution in [0.2, 0.25) is 0 Å². The molecule has 1 aliphatic heterocycles. The molecule has 0 radical (unpaired) electrons. The first-order valence-corrected chi connectivity index (χ1v) is 8.86. The lowest BCUT2D eigenvalue weighted by Crippen LogP contribution is -2.27. The highest BCUT2D eigenvalue weighted by Crippen LogP contribution is 2.37.